The summed E-state index contributed by atoms with van der Waals surface area (Å²) in [6, 6.07) is 13.9. The van der Waals surface area contributed by atoms with Crippen molar-refractivity contribution in [3.8, 4) is 5.69 Å². The van der Waals surface area contributed by atoms with Crippen molar-refractivity contribution in [1.29, 1.82) is 0 Å². The van der Waals surface area contributed by atoms with Crippen molar-refractivity contribution in [3.63, 3.8) is 0 Å². The molecular formula is C15H14ClN3. The van der Waals surface area contributed by atoms with Crippen molar-refractivity contribution in [1.82, 2.24) is 9.55 Å². The Morgan fingerprint density at radius 1 is 1.21 bits per heavy atom. The molecule has 4 heteroatoms. The van der Waals surface area contributed by atoms with Gasteiger partial charge in [-0.3, -0.25) is 4.57 Å². The van der Waals surface area contributed by atoms with Crippen LogP contribution in [0.5, 0.6) is 0 Å². The highest BCUT2D eigenvalue weighted by Gasteiger charge is 2.10. The van der Waals surface area contributed by atoms with E-state index >= 15 is 0 Å². The van der Waals surface area contributed by atoms with Crippen molar-refractivity contribution in [3.05, 3.63) is 53.1 Å². The molecule has 0 unspecified atom stereocenters. The van der Waals surface area contributed by atoms with Crippen LogP contribution >= 0.6 is 11.6 Å². The maximum Gasteiger partial charge on any atom is 0.205 e. The summed E-state index contributed by atoms with van der Waals surface area (Å²) in [7, 11) is 0. The minimum absolute atomic E-state index is 0.477. The number of nitrogen functional groups attached to an aromatic ring is 1. The minimum atomic E-state index is 0.477. The van der Waals surface area contributed by atoms with E-state index in [1.165, 1.54) is 5.56 Å². The van der Waals surface area contributed by atoms with E-state index in [9.17, 15) is 0 Å². The fraction of sp³-hybridized carbons (Fsp3) is 0.133. The molecule has 0 saturated heterocycles. The Balaban J connectivity index is 2.26. The van der Waals surface area contributed by atoms with E-state index < -0.39 is 0 Å². The molecule has 1 aromatic heterocycles. The van der Waals surface area contributed by atoms with Crippen LogP contribution in [0.3, 0.4) is 0 Å². The molecule has 96 valence electrons. The Morgan fingerprint density at radius 3 is 2.84 bits per heavy atom. The zero-order valence-corrected chi connectivity index (χ0v) is 11.4. The zero-order valence-electron chi connectivity index (χ0n) is 10.6. The van der Waals surface area contributed by atoms with Gasteiger partial charge < -0.3 is 5.73 Å². The number of hydrogen-bond donors (Lipinski definition) is 1. The first-order chi connectivity index (χ1) is 9.19. The number of hydrogen-bond acceptors (Lipinski definition) is 2. The van der Waals surface area contributed by atoms with Crippen LogP contribution in [0.1, 0.15) is 12.5 Å². The van der Waals surface area contributed by atoms with Crippen LogP contribution in [0.4, 0.5) is 5.95 Å². The van der Waals surface area contributed by atoms with Crippen LogP contribution in [0.2, 0.25) is 5.02 Å². The third-order valence-corrected chi connectivity index (χ3v) is 3.45. The van der Waals surface area contributed by atoms with Crippen molar-refractivity contribution >= 4 is 28.6 Å². The first-order valence-electron chi connectivity index (χ1n) is 6.22. The van der Waals surface area contributed by atoms with E-state index in [0.717, 1.165) is 23.1 Å². The molecule has 3 rings (SSSR count). The number of aryl methyl sites for hydroxylation is 1. The van der Waals surface area contributed by atoms with Crippen LogP contribution in [-0.4, -0.2) is 9.55 Å². The van der Waals surface area contributed by atoms with Crippen LogP contribution < -0.4 is 5.73 Å². The maximum absolute atomic E-state index is 6.04. The average molecular weight is 272 g/mol. The smallest absolute Gasteiger partial charge is 0.205 e. The van der Waals surface area contributed by atoms with Crippen LogP contribution in [-0.2, 0) is 6.42 Å². The van der Waals surface area contributed by atoms with Gasteiger partial charge >= 0.3 is 0 Å². The summed E-state index contributed by atoms with van der Waals surface area (Å²) < 4.78 is 1.95. The highest BCUT2D eigenvalue weighted by Crippen LogP contribution is 2.25. The number of aromatic nitrogens is 2. The number of rotatable bonds is 2. The van der Waals surface area contributed by atoms with Crippen molar-refractivity contribution in [2.75, 3.05) is 5.73 Å². The molecule has 0 spiro atoms. The highest BCUT2D eigenvalue weighted by molar-refractivity contribution is 6.31. The fourth-order valence-corrected chi connectivity index (χ4v) is 2.43. The second kappa shape index (κ2) is 4.59. The molecule has 0 aliphatic heterocycles. The molecule has 0 aliphatic rings. The number of imidazole rings is 1. The van der Waals surface area contributed by atoms with Gasteiger partial charge in [-0.2, -0.15) is 0 Å². The number of nitrogens with two attached hydrogens (primary N) is 1. The molecule has 2 aromatic carbocycles. The largest absolute Gasteiger partial charge is 0.369 e. The second-order valence-corrected chi connectivity index (χ2v) is 4.90. The van der Waals surface area contributed by atoms with Gasteiger partial charge in [-0.15, -0.1) is 0 Å². The van der Waals surface area contributed by atoms with Gasteiger partial charge in [0.25, 0.3) is 0 Å². The number of anilines is 1. The van der Waals surface area contributed by atoms with E-state index in [1.54, 1.807) is 0 Å². The molecule has 0 aliphatic carbocycles. The number of benzene rings is 2. The van der Waals surface area contributed by atoms with E-state index in [1.807, 2.05) is 34.9 Å². The molecule has 3 aromatic rings. The summed E-state index contributed by atoms with van der Waals surface area (Å²) in [6.07, 6.45) is 0.992. The van der Waals surface area contributed by atoms with Crippen LogP contribution in [0.25, 0.3) is 16.7 Å². The van der Waals surface area contributed by atoms with E-state index in [-0.39, 0.29) is 0 Å². The van der Waals surface area contributed by atoms with Crippen molar-refractivity contribution in [2.24, 2.45) is 0 Å². The quantitative estimate of drug-likeness (QED) is 0.770. The van der Waals surface area contributed by atoms with Crippen molar-refractivity contribution < 1.29 is 0 Å². The molecule has 0 saturated carbocycles. The molecule has 0 atom stereocenters. The monoisotopic (exact) mass is 271 g/mol. The summed E-state index contributed by atoms with van der Waals surface area (Å²) in [5, 5.41) is 0.666. The van der Waals surface area contributed by atoms with Gasteiger partial charge in [-0.1, -0.05) is 30.7 Å². The molecule has 0 amide bonds. The van der Waals surface area contributed by atoms with Gasteiger partial charge in [0.1, 0.15) is 0 Å². The molecule has 3 nitrogen and oxygen atoms in total. The fourth-order valence-electron chi connectivity index (χ4n) is 2.26. The predicted octanol–water partition coefficient (Wildman–Crippen LogP) is 3.82. The minimum Gasteiger partial charge on any atom is -0.369 e. The molecule has 0 radical (unpaired) electrons. The number of halogens is 1. The van der Waals surface area contributed by atoms with E-state index in [4.69, 9.17) is 17.3 Å². The Hall–Kier alpha value is -2.00. The lowest BCUT2D eigenvalue weighted by atomic mass is 10.1. The van der Waals surface area contributed by atoms with Gasteiger partial charge in [-0.05, 0) is 42.3 Å². The summed E-state index contributed by atoms with van der Waals surface area (Å²) in [4.78, 5) is 4.36. The Morgan fingerprint density at radius 2 is 2.05 bits per heavy atom. The van der Waals surface area contributed by atoms with Gasteiger partial charge in [-0.25, -0.2) is 4.98 Å². The molecule has 0 fully saturated rings. The Kier molecular flexibility index (Phi) is 2.91. The Labute approximate surface area is 116 Å². The summed E-state index contributed by atoms with van der Waals surface area (Å²) in [5.74, 6) is 0.477. The normalized spacial score (nSPS) is 11.1. The summed E-state index contributed by atoms with van der Waals surface area (Å²) in [5.41, 5.74) is 10.1. The molecule has 1 heterocycles. The highest BCUT2D eigenvalue weighted by atomic mass is 35.5. The lowest BCUT2D eigenvalue weighted by molar-refractivity contribution is 1.08. The SMILES string of the molecule is CCc1cccc(-n2c(N)nc3cc(Cl)ccc32)c1. The third kappa shape index (κ3) is 2.06. The van der Waals surface area contributed by atoms with Gasteiger partial charge in [0.05, 0.1) is 11.0 Å². The predicted molar refractivity (Wildman–Crippen MR) is 79.9 cm³/mol. The standard InChI is InChI=1S/C15H14ClN3/c1-2-10-4-3-5-12(8-10)19-14-7-6-11(16)9-13(14)18-15(19)17/h3-9H,2H2,1H3,(H2,17,18). The van der Waals surface area contributed by atoms with Crippen LogP contribution in [0, 0.1) is 0 Å². The first kappa shape index (κ1) is 12.1. The first-order valence-corrected chi connectivity index (χ1v) is 6.59. The van der Waals surface area contributed by atoms with Gasteiger partial charge in [0.2, 0.25) is 5.95 Å². The van der Waals surface area contributed by atoms with Crippen molar-refractivity contribution in [2.45, 2.75) is 13.3 Å². The van der Waals surface area contributed by atoms with E-state index in [2.05, 4.69) is 24.0 Å². The number of nitrogens with zero attached hydrogens (tertiary/aromatic N) is 2. The molecule has 19 heavy (non-hydrogen) atoms. The van der Waals surface area contributed by atoms with Gasteiger partial charge in [0.15, 0.2) is 0 Å². The molecular weight excluding hydrogens is 258 g/mol. The van der Waals surface area contributed by atoms with Crippen LogP contribution in [0.15, 0.2) is 42.5 Å². The maximum atomic E-state index is 6.04. The van der Waals surface area contributed by atoms with E-state index in [0.29, 0.717) is 11.0 Å². The lowest BCUT2D eigenvalue weighted by Gasteiger charge is -2.08. The van der Waals surface area contributed by atoms with Gasteiger partial charge in [0, 0.05) is 10.7 Å². The lowest BCUT2D eigenvalue weighted by Crippen LogP contribution is -2.01. The third-order valence-electron chi connectivity index (χ3n) is 3.22. The average Bonchev–Trinajstić information content (AvgIpc) is 2.73. The second-order valence-electron chi connectivity index (χ2n) is 4.46. The summed E-state index contributed by atoms with van der Waals surface area (Å²) in [6.45, 7) is 2.13. The summed E-state index contributed by atoms with van der Waals surface area (Å²) >= 11 is 5.98. The zero-order chi connectivity index (χ0) is 13.4. The number of fused-ring (bicyclic) bond motifs is 1. The molecule has 2 N–H and O–H groups in total. The molecule has 0 bridgehead atoms. The topological polar surface area (TPSA) is 43.8 Å². The Bertz CT molecular complexity index is 746.